The maximum Gasteiger partial charge on any atom is -0.0149 e. The summed E-state index contributed by atoms with van der Waals surface area (Å²) in [5.41, 5.74) is 7.68. The van der Waals surface area contributed by atoms with Gasteiger partial charge in [0.05, 0.1) is 0 Å². The summed E-state index contributed by atoms with van der Waals surface area (Å²) in [5.74, 6) is 1.64. The van der Waals surface area contributed by atoms with Crippen LogP contribution in [-0.2, 0) is 6.42 Å². The molecular formula is C22H26. The molecule has 0 radical (unpaired) electrons. The van der Waals surface area contributed by atoms with E-state index in [1.807, 2.05) is 0 Å². The summed E-state index contributed by atoms with van der Waals surface area (Å²) in [4.78, 5) is 0. The predicted molar refractivity (Wildman–Crippen MR) is 94.4 cm³/mol. The van der Waals surface area contributed by atoms with Gasteiger partial charge in [0.1, 0.15) is 0 Å². The molecule has 22 heavy (non-hydrogen) atoms. The topological polar surface area (TPSA) is 0 Å². The molecular weight excluding hydrogens is 264 g/mol. The maximum absolute atomic E-state index is 2.48. The van der Waals surface area contributed by atoms with Crippen molar-refractivity contribution in [2.24, 2.45) is 0 Å². The molecule has 2 aliphatic carbocycles. The van der Waals surface area contributed by atoms with Crippen LogP contribution in [0.1, 0.15) is 74.0 Å². The Balaban J connectivity index is 1.73. The normalized spacial score (nSPS) is 18.8. The Labute approximate surface area is 134 Å². The smallest absolute Gasteiger partial charge is 0.0149 e. The fourth-order valence-corrected chi connectivity index (χ4v) is 4.22. The highest BCUT2D eigenvalue weighted by molar-refractivity contribution is 5.70. The predicted octanol–water partition coefficient (Wildman–Crippen LogP) is 6.45. The van der Waals surface area contributed by atoms with E-state index in [2.05, 4.69) is 49.4 Å². The highest BCUT2D eigenvalue weighted by Gasteiger charge is 2.26. The number of aryl methyl sites for hydroxylation is 1. The SMILES string of the molecule is CCc1cc(-c2ccccc2C2CC2)ccc1C1CCCC1. The fraction of sp³-hybridized carbons (Fsp3) is 0.455. The van der Waals surface area contributed by atoms with Gasteiger partial charge in [0.15, 0.2) is 0 Å². The van der Waals surface area contributed by atoms with E-state index in [4.69, 9.17) is 0 Å². The van der Waals surface area contributed by atoms with E-state index in [0.29, 0.717) is 0 Å². The lowest BCUT2D eigenvalue weighted by Crippen LogP contribution is -1.99. The van der Waals surface area contributed by atoms with Crippen molar-refractivity contribution in [3.05, 3.63) is 59.2 Å². The van der Waals surface area contributed by atoms with Gasteiger partial charge in [-0.15, -0.1) is 0 Å². The van der Waals surface area contributed by atoms with Gasteiger partial charge < -0.3 is 0 Å². The van der Waals surface area contributed by atoms with E-state index in [1.54, 1.807) is 16.7 Å². The zero-order valence-electron chi connectivity index (χ0n) is 13.6. The van der Waals surface area contributed by atoms with Crippen LogP contribution in [0.25, 0.3) is 11.1 Å². The second-order valence-electron chi connectivity index (χ2n) is 7.11. The molecule has 4 rings (SSSR count). The standard InChI is InChI=1S/C22H26/c1-2-16-15-19(13-14-20(16)17-7-3-4-8-17)22-10-6-5-9-21(22)18-11-12-18/h5-6,9-10,13-15,17-18H,2-4,7-8,11-12H2,1H3. The Morgan fingerprint density at radius 1 is 0.818 bits per heavy atom. The minimum Gasteiger partial charge on any atom is -0.0619 e. The van der Waals surface area contributed by atoms with E-state index < -0.39 is 0 Å². The average Bonchev–Trinajstić information content (AvgIpc) is 3.29. The third kappa shape index (κ3) is 2.60. The van der Waals surface area contributed by atoms with Crippen molar-refractivity contribution in [1.82, 2.24) is 0 Å². The second kappa shape index (κ2) is 5.91. The number of rotatable bonds is 4. The van der Waals surface area contributed by atoms with Gasteiger partial charge in [-0.3, -0.25) is 0 Å². The van der Waals surface area contributed by atoms with Crippen LogP contribution in [0.2, 0.25) is 0 Å². The summed E-state index contributed by atoms with van der Waals surface area (Å²) in [6.07, 6.45) is 9.52. The van der Waals surface area contributed by atoms with E-state index in [-0.39, 0.29) is 0 Å². The molecule has 0 aliphatic heterocycles. The Bertz CT molecular complexity index is 657. The summed E-state index contributed by atoms with van der Waals surface area (Å²) < 4.78 is 0. The highest BCUT2D eigenvalue weighted by Crippen LogP contribution is 2.45. The lowest BCUT2D eigenvalue weighted by Gasteiger charge is -2.17. The summed E-state index contributed by atoms with van der Waals surface area (Å²) in [6.45, 7) is 2.31. The van der Waals surface area contributed by atoms with Crippen molar-refractivity contribution in [3.63, 3.8) is 0 Å². The van der Waals surface area contributed by atoms with E-state index >= 15 is 0 Å². The molecule has 0 spiro atoms. The van der Waals surface area contributed by atoms with E-state index in [9.17, 15) is 0 Å². The first-order valence-corrected chi connectivity index (χ1v) is 9.09. The van der Waals surface area contributed by atoms with Crippen LogP contribution in [0.5, 0.6) is 0 Å². The first-order valence-electron chi connectivity index (χ1n) is 9.09. The molecule has 0 amide bonds. The van der Waals surface area contributed by atoms with Crippen LogP contribution in [0.4, 0.5) is 0 Å². The Kier molecular flexibility index (Phi) is 3.78. The van der Waals surface area contributed by atoms with Crippen molar-refractivity contribution >= 4 is 0 Å². The fourth-order valence-electron chi connectivity index (χ4n) is 4.22. The zero-order chi connectivity index (χ0) is 14.9. The van der Waals surface area contributed by atoms with Crippen molar-refractivity contribution < 1.29 is 0 Å². The largest absolute Gasteiger partial charge is 0.0619 e. The van der Waals surface area contributed by atoms with Gasteiger partial charge in [0, 0.05) is 0 Å². The van der Waals surface area contributed by atoms with Gasteiger partial charge in [-0.1, -0.05) is 62.2 Å². The Morgan fingerprint density at radius 3 is 2.27 bits per heavy atom. The van der Waals surface area contributed by atoms with Gasteiger partial charge in [-0.05, 0) is 71.8 Å². The maximum atomic E-state index is 2.48. The molecule has 2 aliphatic rings. The van der Waals surface area contributed by atoms with Gasteiger partial charge in [0.25, 0.3) is 0 Å². The molecule has 0 atom stereocenters. The third-order valence-electron chi connectivity index (χ3n) is 5.61. The molecule has 2 fully saturated rings. The minimum atomic E-state index is 0.816. The first kappa shape index (κ1) is 14.1. The zero-order valence-corrected chi connectivity index (χ0v) is 13.6. The lowest BCUT2D eigenvalue weighted by atomic mass is 9.88. The van der Waals surface area contributed by atoms with Crippen LogP contribution >= 0.6 is 0 Å². The summed E-state index contributed by atoms with van der Waals surface area (Å²) in [7, 11) is 0. The van der Waals surface area contributed by atoms with Crippen molar-refractivity contribution in [3.8, 4) is 11.1 Å². The van der Waals surface area contributed by atoms with Crippen LogP contribution in [0.15, 0.2) is 42.5 Å². The molecule has 0 unspecified atom stereocenters. The van der Waals surface area contributed by atoms with Gasteiger partial charge in [-0.2, -0.15) is 0 Å². The molecule has 0 heteroatoms. The quantitative estimate of drug-likeness (QED) is 0.607. The highest BCUT2D eigenvalue weighted by atomic mass is 14.3. The molecule has 2 saturated carbocycles. The third-order valence-corrected chi connectivity index (χ3v) is 5.61. The molecule has 0 bridgehead atoms. The number of benzene rings is 2. The van der Waals surface area contributed by atoms with E-state index in [0.717, 1.165) is 18.3 Å². The molecule has 2 aromatic rings. The first-order chi connectivity index (χ1) is 10.9. The monoisotopic (exact) mass is 290 g/mol. The lowest BCUT2D eigenvalue weighted by molar-refractivity contribution is 0.713. The second-order valence-corrected chi connectivity index (χ2v) is 7.11. The molecule has 0 nitrogen and oxygen atoms in total. The molecule has 2 aromatic carbocycles. The molecule has 0 N–H and O–H groups in total. The molecule has 114 valence electrons. The number of hydrogen-bond donors (Lipinski definition) is 0. The van der Waals surface area contributed by atoms with Crippen LogP contribution < -0.4 is 0 Å². The molecule has 0 saturated heterocycles. The van der Waals surface area contributed by atoms with Gasteiger partial charge in [-0.25, -0.2) is 0 Å². The van der Waals surface area contributed by atoms with Crippen LogP contribution in [0, 0.1) is 0 Å². The van der Waals surface area contributed by atoms with Crippen LogP contribution in [-0.4, -0.2) is 0 Å². The minimum absolute atomic E-state index is 0.816. The molecule has 0 aromatic heterocycles. The summed E-state index contributed by atoms with van der Waals surface area (Å²) in [5, 5.41) is 0. The Morgan fingerprint density at radius 2 is 1.55 bits per heavy atom. The Hall–Kier alpha value is -1.56. The number of hydrogen-bond acceptors (Lipinski definition) is 0. The van der Waals surface area contributed by atoms with Gasteiger partial charge in [0.2, 0.25) is 0 Å². The van der Waals surface area contributed by atoms with Crippen LogP contribution in [0.3, 0.4) is 0 Å². The van der Waals surface area contributed by atoms with Crippen molar-refractivity contribution in [1.29, 1.82) is 0 Å². The van der Waals surface area contributed by atoms with Crippen molar-refractivity contribution in [2.45, 2.75) is 63.7 Å². The summed E-state index contributed by atoms with van der Waals surface area (Å²) in [6, 6.07) is 16.3. The van der Waals surface area contributed by atoms with Gasteiger partial charge >= 0.3 is 0 Å². The van der Waals surface area contributed by atoms with E-state index in [1.165, 1.54) is 49.7 Å². The molecule has 0 heterocycles. The average molecular weight is 290 g/mol. The summed E-state index contributed by atoms with van der Waals surface area (Å²) >= 11 is 0. The van der Waals surface area contributed by atoms with Crippen molar-refractivity contribution in [2.75, 3.05) is 0 Å².